The minimum Gasteiger partial charge on any atom is -0.494 e. The van der Waals surface area contributed by atoms with Gasteiger partial charge in [-0.25, -0.2) is 4.98 Å². The van der Waals surface area contributed by atoms with E-state index in [9.17, 15) is 18.0 Å². The molecule has 0 saturated carbocycles. The average molecular weight is 450 g/mol. The number of amides is 1. The molecule has 1 aliphatic rings. The normalized spacial score (nSPS) is 15.1. The van der Waals surface area contributed by atoms with Crippen molar-refractivity contribution in [2.45, 2.75) is 45.2 Å². The Hall–Kier alpha value is -2.77. The standard InChI is InChI=1S/C24H30F3N3O2/c1-23(2,3)18-6-9-20(10-7-18)32-16-4-5-22(31)30-14-12-29(13-15-30)21-11-8-19(17-28-21)24(25,26)27/h6-11,17H,4-5,12-16H2,1-3H3. The SMILES string of the molecule is CC(C)(C)c1ccc(OCCCC(=O)N2CCN(c3ccc(C(F)(F)F)cn3)CC2)cc1. The van der Waals surface area contributed by atoms with Crippen LogP contribution in [0.2, 0.25) is 0 Å². The maximum atomic E-state index is 12.7. The van der Waals surface area contributed by atoms with E-state index in [4.69, 9.17) is 4.74 Å². The highest BCUT2D eigenvalue weighted by Crippen LogP contribution is 2.29. The number of ether oxygens (including phenoxy) is 1. The van der Waals surface area contributed by atoms with Gasteiger partial charge >= 0.3 is 6.18 Å². The minimum absolute atomic E-state index is 0.0664. The number of carbonyl (C=O) groups is 1. The number of pyridine rings is 1. The number of hydrogen-bond acceptors (Lipinski definition) is 4. The first kappa shape index (κ1) is 23.9. The molecule has 1 aliphatic heterocycles. The fraction of sp³-hybridized carbons (Fsp3) is 0.500. The van der Waals surface area contributed by atoms with Gasteiger partial charge in [0.05, 0.1) is 12.2 Å². The molecule has 0 unspecified atom stereocenters. The fourth-order valence-electron chi connectivity index (χ4n) is 3.55. The zero-order chi connectivity index (χ0) is 23.4. The Morgan fingerprint density at radius 1 is 0.969 bits per heavy atom. The van der Waals surface area contributed by atoms with Crippen LogP contribution in [0.15, 0.2) is 42.6 Å². The lowest BCUT2D eigenvalue weighted by atomic mass is 9.87. The smallest absolute Gasteiger partial charge is 0.417 e. The van der Waals surface area contributed by atoms with E-state index in [0.717, 1.165) is 18.0 Å². The number of rotatable bonds is 6. The van der Waals surface area contributed by atoms with E-state index in [1.165, 1.54) is 11.6 Å². The summed E-state index contributed by atoms with van der Waals surface area (Å²) >= 11 is 0. The Bertz CT molecular complexity index is 883. The molecule has 2 heterocycles. The first-order valence-corrected chi connectivity index (χ1v) is 10.8. The molecule has 3 rings (SSSR count). The molecule has 0 radical (unpaired) electrons. The average Bonchev–Trinajstić information content (AvgIpc) is 2.76. The van der Waals surface area contributed by atoms with Crippen LogP contribution in [0.5, 0.6) is 5.75 Å². The van der Waals surface area contributed by atoms with Crippen LogP contribution in [0.4, 0.5) is 19.0 Å². The molecule has 0 aliphatic carbocycles. The van der Waals surface area contributed by atoms with Gasteiger partial charge in [-0.2, -0.15) is 13.2 Å². The molecule has 5 nitrogen and oxygen atoms in total. The lowest BCUT2D eigenvalue weighted by molar-refractivity contribution is -0.138. The van der Waals surface area contributed by atoms with Gasteiger partial charge < -0.3 is 14.5 Å². The first-order valence-electron chi connectivity index (χ1n) is 10.8. The van der Waals surface area contributed by atoms with Crippen LogP contribution in [0.1, 0.15) is 44.7 Å². The van der Waals surface area contributed by atoms with Gasteiger partial charge in [0.2, 0.25) is 5.91 Å². The number of hydrogen-bond donors (Lipinski definition) is 0. The van der Waals surface area contributed by atoms with Crippen molar-refractivity contribution in [3.05, 3.63) is 53.7 Å². The van der Waals surface area contributed by atoms with E-state index in [-0.39, 0.29) is 11.3 Å². The molecule has 1 aromatic carbocycles. The van der Waals surface area contributed by atoms with Crippen molar-refractivity contribution >= 4 is 11.7 Å². The van der Waals surface area contributed by atoms with Gasteiger partial charge in [-0.1, -0.05) is 32.9 Å². The lowest BCUT2D eigenvalue weighted by Crippen LogP contribution is -2.49. The largest absolute Gasteiger partial charge is 0.494 e. The summed E-state index contributed by atoms with van der Waals surface area (Å²) in [6, 6.07) is 10.5. The predicted octanol–water partition coefficient (Wildman–Crippen LogP) is 4.91. The monoisotopic (exact) mass is 449 g/mol. The molecule has 0 N–H and O–H groups in total. The second-order valence-corrected chi connectivity index (χ2v) is 9.00. The Labute approximate surface area is 187 Å². The molecular weight excluding hydrogens is 419 g/mol. The van der Waals surface area contributed by atoms with E-state index in [1.807, 2.05) is 17.0 Å². The maximum Gasteiger partial charge on any atom is 0.417 e. The van der Waals surface area contributed by atoms with Crippen molar-refractivity contribution < 1.29 is 22.7 Å². The van der Waals surface area contributed by atoms with Crippen LogP contribution >= 0.6 is 0 Å². The summed E-state index contributed by atoms with van der Waals surface area (Å²) < 4.78 is 43.8. The summed E-state index contributed by atoms with van der Waals surface area (Å²) in [5, 5.41) is 0. The Balaban J connectivity index is 1.38. The number of benzene rings is 1. The van der Waals surface area contributed by atoms with Crippen molar-refractivity contribution in [1.82, 2.24) is 9.88 Å². The first-order chi connectivity index (χ1) is 15.0. The highest BCUT2D eigenvalue weighted by atomic mass is 19.4. The van der Waals surface area contributed by atoms with Gasteiger partial charge in [0.25, 0.3) is 0 Å². The minimum atomic E-state index is -4.39. The van der Waals surface area contributed by atoms with Crippen LogP contribution in [-0.2, 0) is 16.4 Å². The summed E-state index contributed by atoms with van der Waals surface area (Å²) in [7, 11) is 0. The van der Waals surface area contributed by atoms with Gasteiger partial charge in [-0.05, 0) is 41.7 Å². The summed E-state index contributed by atoms with van der Waals surface area (Å²) in [6.45, 7) is 9.09. The second-order valence-electron chi connectivity index (χ2n) is 9.00. The van der Waals surface area contributed by atoms with E-state index in [0.29, 0.717) is 51.4 Å². The number of piperazine rings is 1. The summed E-state index contributed by atoms with van der Waals surface area (Å²) in [6.07, 6.45) is -2.51. The van der Waals surface area contributed by atoms with Crippen molar-refractivity contribution in [1.29, 1.82) is 0 Å². The van der Waals surface area contributed by atoms with Gasteiger partial charge in [0, 0.05) is 38.8 Å². The molecule has 1 aromatic heterocycles. The van der Waals surface area contributed by atoms with E-state index < -0.39 is 11.7 Å². The van der Waals surface area contributed by atoms with Crippen LogP contribution in [0, 0.1) is 0 Å². The number of nitrogens with zero attached hydrogens (tertiary/aromatic N) is 3. The van der Waals surface area contributed by atoms with Crippen molar-refractivity contribution in [2.24, 2.45) is 0 Å². The Morgan fingerprint density at radius 3 is 2.12 bits per heavy atom. The highest BCUT2D eigenvalue weighted by Gasteiger charge is 2.31. The van der Waals surface area contributed by atoms with E-state index >= 15 is 0 Å². The molecule has 174 valence electrons. The molecule has 1 fully saturated rings. The number of aromatic nitrogens is 1. The van der Waals surface area contributed by atoms with Gasteiger partial charge in [0.1, 0.15) is 11.6 Å². The van der Waals surface area contributed by atoms with Crippen molar-refractivity contribution in [2.75, 3.05) is 37.7 Å². The van der Waals surface area contributed by atoms with Crippen molar-refractivity contribution in [3.63, 3.8) is 0 Å². The number of anilines is 1. The molecule has 1 amide bonds. The van der Waals surface area contributed by atoms with E-state index in [2.05, 4.69) is 37.9 Å². The quantitative estimate of drug-likeness (QED) is 0.588. The third-order valence-corrected chi connectivity index (χ3v) is 5.56. The van der Waals surface area contributed by atoms with Crippen LogP contribution < -0.4 is 9.64 Å². The number of carbonyl (C=O) groups excluding carboxylic acids is 1. The van der Waals surface area contributed by atoms with Gasteiger partial charge in [-0.3, -0.25) is 4.79 Å². The molecule has 0 atom stereocenters. The fourth-order valence-corrected chi connectivity index (χ4v) is 3.55. The summed E-state index contributed by atoms with van der Waals surface area (Å²) in [5.41, 5.74) is 0.575. The van der Waals surface area contributed by atoms with Crippen LogP contribution in [-0.4, -0.2) is 48.6 Å². The molecule has 0 bridgehead atoms. The number of halogens is 3. The third kappa shape index (κ3) is 6.37. The topological polar surface area (TPSA) is 45.7 Å². The summed E-state index contributed by atoms with van der Waals surface area (Å²) in [4.78, 5) is 20.1. The van der Waals surface area contributed by atoms with Crippen LogP contribution in [0.25, 0.3) is 0 Å². The third-order valence-electron chi connectivity index (χ3n) is 5.56. The summed E-state index contributed by atoms with van der Waals surface area (Å²) in [5.74, 6) is 1.36. The predicted molar refractivity (Wildman–Crippen MR) is 118 cm³/mol. The van der Waals surface area contributed by atoms with E-state index in [1.54, 1.807) is 4.90 Å². The molecule has 2 aromatic rings. The zero-order valence-electron chi connectivity index (χ0n) is 18.8. The molecule has 32 heavy (non-hydrogen) atoms. The molecular formula is C24H30F3N3O2. The molecule has 0 spiro atoms. The Kier molecular flexibility index (Phi) is 7.31. The zero-order valence-corrected chi connectivity index (χ0v) is 18.8. The molecule has 8 heteroatoms. The second kappa shape index (κ2) is 9.79. The van der Waals surface area contributed by atoms with Gasteiger partial charge in [0.15, 0.2) is 0 Å². The molecule has 1 saturated heterocycles. The number of alkyl halides is 3. The Morgan fingerprint density at radius 2 is 1.59 bits per heavy atom. The van der Waals surface area contributed by atoms with Gasteiger partial charge in [-0.15, -0.1) is 0 Å². The lowest BCUT2D eigenvalue weighted by Gasteiger charge is -2.35. The highest BCUT2D eigenvalue weighted by molar-refractivity contribution is 5.76. The van der Waals surface area contributed by atoms with Crippen molar-refractivity contribution in [3.8, 4) is 5.75 Å². The van der Waals surface area contributed by atoms with Crippen LogP contribution in [0.3, 0.4) is 0 Å². The maximum absolute atomic E-state index is 12.7.